The number of rotatable bonds is 9. The number of amides is 2. The van der Waals surface area contributed by atoms with Crippen LogP contribution in [0.15, 0.2) is 48.5 Å². The van der Waals surface area contributed by atoms with Crippen molar-refractivity contribution in [3.8, 4) is 11.1 Å². The Kier molecular flexibility index (Phi) is 7.09. The van der Waals surface area contributed by atoms with Crippen LogP contribution in [0.2, 0.25) is 0 Å². The number of nitrogens with one attached hydrogen (secondary N) is 1. The first-order valence-electron chi connectivity index (χ1n) is 11.3. The summed E-state index contributed by atoms with van der Waals surface area (Å²) in [5.41, 5.74) is 8.94. The van der Waals surface area contributed by atoms with Crippen LogP contribution in [0.3, 0.4) is 0 Å². The van der Waals surface area contributed by atoms with E-state index in [2.05, 4.69) is 50.4 Å². The van der Waals surface area contributed by atoms with E-state index in [1.54, 1.807) is 12.1 Å². The summed E-state index contributed by atoms with van der Waals surface area (Å²) < 4.78 is 0. The van der Waals surface area contributed by atoms with Crippen molar-refractivity contribution in [3.63, 3.8) is 0 Å². The Labute approximate surface area is 198 Å². The molecule has 1 fully saturated rings. The quantitative estimate of drug-likeness (QED) is 0.445. The van der Waals surface area contributed by atoms with Gasteiger partial charge in [0.1, 0.15) is 0 Å². The fourth-order valence-electron chi connectivity index (χ4n) is 4.74. The number of carbonyl (C=O) groups excluding carboxylic acids is 2. The lowest BCUT2D eigenvalue weighted by Gasteiger charge is -2.44. The standard InChI is InChI=1S/C26H30N2O6/c1-4-26(3,5-2)16-10-6-14(7-11-16)15-8-12-17(13-9-15)28-23(30)19-20(24(31)32)18(22(27)29)21(19)25(33)34/h6-13,18-21H,4-5H2,1-3H3,(H2,27,29)(H,28,30)(H,31,32)(H,33,34). The molecule has 0 radical (unpaired) electrons. The summed E-state index contributed by atoms with van der Waals surface area (Å²) in [5, 5.41) is 21.4. The number of anilines is 1. The Morgan fingerprint density at radius 1 is 0.794 bits per heavy atom. The number of hydrogen-bond acceptors (Lipinski definition) is 4. The van der Waals surface area contributed by atoms with Gasteiger partial charge in [0.15, 0.2) is 0 Å². The maximum atomic E-state index is 12.7. The van der Waals surface area contributed by atoms with Gasteiger partial charge in [0, 0.05) is 5.69 Å². The number of aliphatic carboxylic acids is 2. The van der Waals surface area contributed by atoms with Crippen molar-refractivity contribution < 1.29 is 29.4 Å². The first-order chi connectivity index (χ1) is 16.0. The Hall–Kier alpha value is -3.68. The van der Waals surface area contributed by atoms with Crippen molar-refractivity contribution in [1.82, 2.24) is 0 Å². The molecule has 180 valence electrons. The molecule has 8 nitrogen and oxygen atoms in total. The van der Waals surface area contributed by atoms with Gasteiger partial charge in [0.25, 0.3) is 0 Å². The van der Waals surface area contributed by atoms with Crippen LogP contribution in [-0.4, -0.2) is 34.0 Å². The molecule has 2 amide bonds. The fraction of sp³-hybridized carbons (Fsp3) is 0.385. The predicted molar refractivity (Wildman–Crippen MR) is 127 cm³/mol. The number of nitrogens with two attached hydrogens (primary N) is 1. The van der Waals surface area contributed by atoms with Gasteiger partial charge in [0.05, 0.1) is 23.7 Å². The molecule has 2 unspecified atom stereocenters. The molecule has 8 heteroatoms. The number of carbonyl (C=O) groups is 4. The van der Waals surface area contributed by atoms with Crippen molar-refractivity contribution in [2.45, 2.75) is 39.0 Å². The maximum absolute atomic E-state index is 12.7. The summed E-state index contributed by atoms with van der Waals surface area (Å²) in [4.78, 5) is 47.5. The maximum Gasteiger partial charge on any atom is 0.308 e. The first kappa shape index (κ1) is 25.0. The van der Waals surface area contributed by atoms with Gasteiger partial charge in [-0.25, -0.2) is 0 Å². The van der Waals surface area contributed by atoms with E-state index < -0.39 is 47.4 Å². The Morgan fingerprint density at radius 2 is 1.24 bits per heavy atom. The van der Waals surface area contributed by atoms with Gasteiger partial charge in [-0.3, -0.25) is 19.2 Å². The molecule has 2 aromatic carbocycles. The van der Waals surface area contributed by atoms with E-state index in [1.807, 2.05) is 12.1 Å². The Morgan fingerprint density at radius 3 is 1.62 bits per heavy atom. The number of primary amides is 1. The van der Waals surface area contributed by atoms with Crippen molar-refractivity contribution in [2.75, 3.05) is 5.32 Å². The number of carboxylic acid groups (broad SMARTS) is 2. The average molecular weight is 467 g/mol. The second kappa shape index (κ2) is 9.67. The van der Waals surface area contributed by atoms with Crippen LogP contribution in [0.25, 0.3) is 11.1 Å². The van der Waals surface area contributed by atoms with Gasteiger partial charge in [0.2, 0.25) is 11.8 Å². The Balaban J connectivity index is 1.75. The van der Waals surface area contributed by atoms with E-state index in [1.165, 1.54) is 5.56 Å². The van der Waals surface area contributed by atoms with Crippen LogP contribution < -0.4 is 11.1 Å². The smallest absolute Gasteiger partial charge is 0.308 e. The van der Waals surface area contributed by atoms with Crippen LogP contribution in [-0.2, 0) is 24.6 Å². The lowest BCUT2D eigenvalue weighted by Crippen LogP contribution is -2.62. The normalized spacial score (nSPS) is 21.9. The summed E-state index contributed by atoms with van der Waals surface area (Å²) in [6, 6.07) is 15.3. The second-order valence-electron chi connectivity index (χ2n) is 9.09. The molecule has 34 heavy (non-hydrogen) atoms. The summed E-state index contributed by atoms with van der Waals surface area (Å²) >= 11 is 0. The number of carboxylic acids is 2. The molecule has 3 rings (SSSR count). The van der Waals surface area contributed by atoms with Crippen LogP contribution in [0, 0.1) is 23.7 Å². The zero-order chi connectivity index (χ0) is 25.2. The molecule has 2 atom stereocenters. The minimum absolute atomic E-state index is 0.128. The molecule has 0 aliphatic heterocycles. The second-order valence-corrected chi connectivity index (χ2v) is 9.09. The Bertz CT molecular complexity index is 1070. The highest BCUT2D eigenvalue weighted by atomic mass is 16.4. The zero-order valence-electron chi connectivity index (χ0n) is 19.4. The van der Waals surface area contributed by atoms with Crippen molar-refractivity contribution >= 4 is 29.4 Å². The number of benzene rings is 2. The summed E-state index contributed by atoms with van der Waals surface area (Å²) in [6.45, 7) is 6.61. The zero-order valence-corrected chi connectivity index (χ0v) is 19.4. The minimum atomic E-state index is -1.48. The van der Waals surface area contributed by atoms with Gasteiger partial charge in [-0.1, -0.05) is 57.2 Å². The van der Waals surface area contributed by atoms with Crippen LogP contribution >= 0.6 is 0 Å². The van der Waals surface area contributed by atoms with E-state index in [0.717, 1.165) is 24.0 Å². The topological polar surface area (TPSA) is 147 Å². The molecule has 0 spiro atoms. The lowest BCUT2D eigenvalue weighted by molar-refractivity contribution is -0.179. The van der Waals surface area contributed by atoms with Crippen LogP contribution in [0.4, 0.5) is 5.69 Å². The molecule has 1 aliphatic rings. The third kappa shape index (κ3) is 4.53. The molecular weight excluding hydrogens is 436 g/mol. The minimum Gasteiger partial charge on any atom is -0.481 e. The fourth-order valence-corrected chi connectivity index (χ4v) is 4.74. The summed E-state index contributed by atoms with van der Waals surface area (Å²) in [7, 11) is 0. The van der Waals surface area contributed by atoms with Crippen LogP contribution in [0.5, 0.6) is 0 Å². The SMILES string of the molecule is CCC(C)(CC)c1ccc(-c2ccc(NC(=O)C3C(C(=O)O)C(C(N)=O)C3C(=O)O)cc2)cc1. The lowest BCUT2D eigenvalue weighted by atomic mass is 9.55. The summed E-state index contributed by atoms with van der Waals surface area (Å²) in [5.74, 6) is -10.5. The van der Waals surface area contributed by atoms with E-state index in [4.69, 9.17) is 5.73 Å². The predicted octanol–water partition coefficient (Wildman–Crippen LogP) is 3.50. The molecule has 5 N–H and O–H groups in total. The van der Waals surface area contributed by atoms with Gasteiger partial charge in [-0.2, -0.15) is 0 Å². The highest BCUT2D eigenvalue weighted by molar-refractivity contribution is 6.03. The molecule has 2 aromatic rings. The number of hydrogen-bond donors (Lipinski definition) is 4. The van der Waals surface area contributed by atoms with E-state index >= 15 is 0 Å². The van der Waals surface area contributed by atoms with Crippen molar-refractivity contribution in [1.29, 1.82) is 0 Å². The monoisotopic (exact) mass is 466 g/mol. The van der Waals surface area contributed by atoms with Crippen LogP contribution in [0.1, 0.15) is 39.2 Å². The average Bonchev–Trinajstić information content (AvgIpc) is 2.77. The molecule has 0 aromatic heterocycles. The molecular formula is C26H30N2O6. The van der Waals surface area contributed by atoms with Crippen molar-refractivity contribution in [2.24, 2.45) is 29.4 Å². The highest BCUT2D eigenvalue weighted by Crippen LogP contribution is 2.47. The molecule has 1 saturated carbocycles. The highest BCUT2D eigenvalue weighted by Gasteiger charge is 2.63. The van der Waals surface area contributed by atoms with E-state index in [9.17, 15) is 29.4 Å². The first-order valence-corrected chi connectivity index (χ1v) is 11.3. The molecule has 0 bridgehead atoms. The third-order valence-electron chi connectivity index (χ3n) is 7.38. The molecule has 0 saturated heterocycles. The van der Waals surface area contributed by atoms with Crippen molar-refractivity contribution in [3.05, 3.63) is 54.1 Å². The van der Waals surface area contributed by atoms with E-state index in [0.29, 0.717) is 5.69 Å². The largest absolute Gasteiger partial charge is 0.481 e. The molecule has 0 heterocycles. The summed E-state index contributed by atoms with van der Waals surface area (Å²) in [6.07, 6.45) is 2.09. The van der Waals surface area contributed by atoms with Gasteiger partial charge < -0.3 is 21.3 Å². The van der Waals surface area contributed by atoms with Gasteiger partial charge >= 0.3 is 11.9 Å². The van der Waals surface area contributed by atoms with Gasteiger partial charge in [-0.15, -0.1) is 0 Å². The third-order valence-corrected chi connectivity index (χ3v) is 7.38. The molecule has 1 aliphatic carbocycles. The van der Waals surface area contributed by atoms with Gasteiger partial charge in [-0.05, 0) is 47.1 Å². The van der Waals surface area contributed by atoms with E-state index in [-0.39, 0.29) is 5.41 Å².